The van der Waals surface area contributed by atoms with Crippen LogP contribution in [0.4, 0.5) is 5.82 Å². The highest BCUT2D eigenvalue weighted by Crippen LogP contribution is 2.20. The van der Waals surface area contributed by atoms with E-state index in [0.29, 0.717) is 0 Å². The van der Waals surface area contributed by atoms with E-state index >= 15 is 0 Å². The van der Waals surface area contributed by atoms with Crippen LogP contribution in [0.15, 0.2) is 67.1 Å². The molecule has 1 aromatic carbocycles. The Labute approximate surface area is 152 Å². The average molecular weight is 427 g/mol. The zero-order valence-corrected chi connectivity index (χ0v) is 14.9. The summed E-state index contributed by atoms with van der Waals surface area (Å²) in [7, 11) is 0. The van der Waals surface area contributed by atoms with Gasteiger partial charge < -0.3 is 5.32 Å². The Balaban J connectivity index is 1.64. The first-order valence-corrected chi connectivity index (χ1v) is 8.61. The molecule has 0 amide bonds. The number of aromatic nitrogens is 4. The van der Waals surface area contributed by atoms with Crippen molar-refractivity contribution in [1.82, 2.24) is 19.6 Å². The number of anilines is 1. The first kappa shape index (κ1) is 15.1. The lowest BCUT2D eigenvalue weighted by molar-refractivity contribution is 0.930. The highest BCUT2D eigenvalue weighted by molar-refractivity contribution is 14.1. The maximum Gasteiger partial charge on any atom is 0.154 e. The van der Waals surface area contributed by atoms with Gasteiger partial charge in [-0.2, -0.15) is 0 Å². The topological polar surface area (TPSA) is 55.1 Å². The summed E-state index contributed by atoms with van der Waals surface area (Å²) in [4.78, 5) is 8.48. The lowest BCUT2D eigenvalue weighted by Crippen LogP contribution is -2.05. The van der Waals surface area contributed by atoms with Crippen molar-refractivity contribution in [3.8, 4) is 11.3 Å². The second-order valence-corrected chi connectivity index (χ2v) is 6.48. The largest absolute Gasteiger partial charge is 0.365 e. The summed E-state index contributed by atoms with van der Waals surface area (Å²) in [6, 6.07) is 16.1. The normalized spacial score (nSPS) is 10.9. The Bertz CT molecular complexity index is 981. The number of hydrogen-bond acceptors (Lipinski definition) is 4. The molecule has 4 aromatic rings. The average Bonchev–Trinajstić information content (AvgIpc) is 3.05. The summed E-state index contributed by atoms with van der Waals surface area (Å²) >= 11 is 2.35. The zero-order chi connectivity index (χ0) is 16.4. The summed E-state index contributed by atoms with van der Waals surface area (Å²) in [5.41, 5.74) is 4.06. The van der Waals surface area contributed by atoms with Gasteiger partial charge in [0, 0.05) is 28.1 Å². The first-order valence-electron chi connectivity index (χ1n) is 7.54. The highest BCUT2D eigenvalue weighted by Gasteiger charge is 2.08. The number of nitrogens with one attached hydrogen (secondary N) is 1. The Morgan fingerprint density at radius 3 is 2.67 bits per heavy atom. The molecule has 0 saturated carbocycles. The Hall–Kier alpha value is -2.48. The second kappa shape index (κ2) is 6.56. The van der Waals surface area contributed by atoms with Gasteiger partial charge in [-0.3, -0.25) is 4.98 Å². The number of fused-ring (bicyclic) bond motifs is 1. The summed E-state index contributed by atoms with van der Waals surface area (Å²) in [5.74, 6) is 0.815. The molecule has 0 unspecified atom stereocenters. The number of imidazole rings is 1. The summed E-state index contributed by atoms with van der Waals surface area (Å²) in [6.07, 6.45) is 5.38. The van der Waals surface area contributed by atoms with Crippen LogP contribution in [0.25, 0.3) is 16.9 Å². The molecule has 1 N–H and O–H groups in total. The molecule has 3 heterocycles. The maximum atomic E-state index is 4.68. The second-order valence-electron chi connectivity index (χ2n) is 5.31. The van der Waals surface area contributed by atoms with E-state index in [4.69, 9.17) is 0 Å². The van der Waals surface area contributed by atoms with Gasteiger partial charge >= 0.3 is 0 Å². The fourth-order valence-electron chi connectivity index (χ4n) is 2.51. The number of pyridine rings is 1. The molecule has 0 aliphatic carbocycles. The lowest BCUT2D eigenvalue weighted by atomic mass is 10.2. The number of hydrogen-bond donors (Lipinski definition) is 1. The van der Waals surface area contributed by atoms with Crippen LogP contribution in [-0.4, -0.2) is 19.6 Å². The minimum atomic E-state index is 0.733. The van der Waals surface area contributed by atoms with Gasteiger partial charge in [0.1, 0.15) is 5.82 Å². The molecule has 6 heteroatoms. The standard InChI is InChI=1S/C18H14IN5/c19-15-4-2-1-3-14(15)11-21-17-5-6-18-22-12-16(24(18)23-17)13-7-9-20-10-8-13/h1-10,12H,11H2,(H,21,23). The third-order valence-corrected chi connectivity index (χ3v) is 4.81. The minimum Gasteiger partial charge on any atom is -0.365 e. The van der Waals surface area contributed by atoms with E-state index in [0.717, 1.165) is 29.3 Å². The van der Waals surface area contributed by atoms with Gasteiger partial charge in [0.05, 0.1) is 11.9 Å². The monoisotopic (exact) mass is 427 g/mol. The van der Waals surface area contributed by atoms with Crippen LogP contribution in [0.1, 0.15) is 5.56 Å². The fourth-order valence-corrected chi connectivity index (χ4v) is 3.09. The Morgan fingerprint density at radius 1 is 1.00 bits per heavy atom. The predicted octanol–water partition coefficient (Wildman–Crippen LogP) is 4.01. The number of nitrogens with zero attached hydrogens (tertiary/aromatic N) is 4. The van der Waals surface area contributed by atoms with Gasteiger partial charge in [0.2, 0.25) is 0 Å². The Kier molecular flexibility index (Phi) is 4.12. The summed E-state index contributed by atoms with van der Waals surface area (Å²) < 4.78 is 3.09. The third kappa shape index (κ3) is 2.96. The van der Waals surface area contributed by atoms with Crippen LogP contribution >= 0.6 is 22.6 Å². The zero-order valence-electron chi connectivity index (χ0n) is 12.7. The van der Waals surface area contributed by atoms with Gasteiger partial charge in [-0.05, 0) is 58.5 Å². The predicted molar refractivity (Wildman–Crippen MR) is 103 cm³/mol. The first-order chi connectivity index (χ1) is 11.8. The van der Waals surface area contributed by atoms with Crippen molar-refractivity contribution >= 4 is 34.1 Å². The molecule has 0 fully saturated rings. The number of rotatable bonds is 4. The van der Waals surface area contributed by atoms with Crippen molar-refractivity contribution in [2.45, 2.75) is 6.54 Å². The van der Waals surface area contributed by atoms with E-state index in [-0.39, 0.29) is 0 Å². The van der Waals surface area contributed by atoms with E-state index in [2.05, 4.69) is 55.1 Å². The smallest absolute Gasteiger partial charge is 0.154 e. The molecule has 3 aromatic heterocycles. The van der Waals surface area contributed by atoms with Crippen LogP contribution in [0.5, 0.6) is 0 Å². The van der Waals surface area contributed by atoms with Gasteiger partial charge in [-0.25, -0.2) is 9.50 Å². The van der Waals surface area contributed by atoms with E-state index in [1.165, 1.54) is 9.13 Å². The number of benzene rings is 1. The molecule has 0 radical (unpaired) electrons. The lowest BCUT2D eigenvalue weighted by Gasteiger charge is -2.08. The molecule has 24 heavy (non-hydrogen) atoms. The van der Waals surface area contributed by atoms with E-state index < -0.39 is 0 Å². The van der Waals surface area contributed by atoms with E-state index in [9.17, 15) is 0 Å². The highest BCUT2D eigenvalue weighted by atomic mass is 127. The Morgan fingerprint density at radius 2 is 1.83 bits per heavy atom. The minimum absolute atomic E-state index is 0.733. The quantitative estimate of drug-likeness (QED) is 0.501. The van der Waals surface area contributed by atoms with E-state index in [1.807, 2.05) is 47.1 Å². The van der Waals surface area contributed by atoms with Crippen molar-refractivity contribution in [1.29, 1.82) is 0 Å². The van der Waals surface area contributed by atoms with Crippen molar-refractivity contribution in [2.24, 2.45) is 0 Å². The maximum absolute atomic E-state index is 4.68. The van der Waals surface area contributed by atoms with Crippen molar-refractivity contribution in [2.75, 3.05) is 5.32 Å². The molecule has 0 aliphatic heterocycles. The molecule has 0 saturated heterocycles. The molecule has 0 spiro atoms. The van der Waals surface area contributed by atoms with Crippen LogP contribution < -0.4 is 5.32 Å². The van der Waals surface area contributed by atoms with Gasteiger partial charge in [0.15, 0.2) is 5.65 Å². The van der Waals surface area contributed by atoms with Crippen molar-refractivity contribution in [3.05, 3.63) is 76.3 Å². The van der Waals surface area contributed by atoms with Crippen LogP contribution in [0.3, 0.4) is 0 Å². The summed E-state index contributed by atoms with van der Waals surface area (Å²) in [6.45, 7) is 0.733. The van der Waals surface area contributed by atoms with Gasteiger partial charge in [0.25, 0.3) is 0 Å². The van der Waals surface area contributed by atoms with Crippen molar-refractivity contribution < 1.29 is 0 Å². The molecule has 5 nitrogen and oxygen atoms in total. The molecular weight excluding hydrogens is 413 g/mol. The molecule has 4 rings (SSSR count). The SMILES string of the molecule is Ic1ccccc1CNc1ccc2ncc(-c3ccncc3)n2n1. The number of halogens is 1. The van der Waals surface area contributed by atoms with E-state index in [1.54, 1.807) is 12.4 Å². The summed E-state index contributed by atoms with van der Waals surface area (Å²) in [5, 5.41) is 8.06. The van der Waals surface area contributed by atoms with Crippen molar-refractivity contribution in [3.63, 3.8) is 0 Å². The fraction of sp³-hybridized carbons (Fsp3) is 0.0556. The van der Waals surface area contributed by atoms with Gasteiger partial charge in [-0.15, -0.1) is 5.10 Å². The molecule has 118 valence electrons. The molecule has 0 bridgehead atoms. The third-order valence-electron chi connectivity index (χ3n) is 3.76. The van der Waals surface area contributed by atoms with Crippen LogP contribution in [0.2, 0.25) is 0 Å². The molecular formula is C18H14IN5. The van der Waals surface area contributed by atoms with Crippen LogP contribution in [0, 0.1) is 3.57 Å². The molecule has 0 aliphatic rings. The van der Waals surface area contributed by atoms with Crippen LogP contribution in [-0.2, 0) is 6.54 Å². The molecule has 0 atom stereocenters. The van der Waals surface area contributed by atoms with Gasteiger partial charge in [-0.1, -0.05) is 18.2 Å².